The summed E-state index contributed by atoms with van der Waals surface area (Å²) in [5.41, 5.74) is 6.42. The lowest BCUT2D eigenvalue weighted by Gasteiger charge is -2.23. The molecule has 0 saturated heterocycles. The van der Waals surface area contributed by atoms with Gasteiger partial charge in [-0.1, -0.05) is 29.8 Å². The Bertz CT molecular complexity index is 432. The van der Waals surface area contributed by atoms with Crippen LogP contribution in [0.3, 0.4) is 0 Å². The highest BCUT2D eigenvalue weighted by Gasteiger charge is 2.18. The van der Waals surface area contributed by atoms with Crippen molar-refractivity contribution in [2.24, 2.45) is 10.7 Å². The number of hydrogen-bond donors (Lipinski definition) is 3. The quantitative estimate of drug-likeness (QED) is 0.644. The fraction of sp³-hybridized carbons (Fsp3) is 0.111. The zero-order valence-corrected chi connectivity index (χ0v) is 9.27. The van der Waals surface area contributed by atoms with Gasteiger partial charge in [-0.15, -0.1) is 0 Å². The first kappa shape index (κ1) is 10.2. The minimum Gasteiger partial charge on any atom is -0.370 e. The third-order valence-corrected chi connectivity index (χ3v) is 2.54. The molecule has 1 aliphatic rings. The number of nitrogens with two attached hydrogens (primary N) is 1. The van der Waals surface area contributed by atoms with Gasteiger partial charge in [-0.05, 0) is 18.3 Å². The monoisotopic (exact) mass is 240 g/mol. The van der Waals surface area contributed by atoms with Gasteiger partial charge >= 0.3 is 0 Å². The molecule has 0 amide bonds. The standard InChI is InChI=1S/C9H9ClN4S/c10-6-4-2-1-3-5(6)7-12-8(11)14-9(15)13-7/h1-4,7H,(H4,11,12,13,14,15)/t7-/m1/s1. The van der Waals surface area contributed by atoms with Gasteiger partial charge in [0.2, 0.25) is 0 Å². The summed E-state index contributed by atoms with van der Waals surface area (Å²) in [7, 11) is 0. The molecule has 1 aromatic carbocycles. The summed E-state index contributed by atoms with van der Waals surface area (Å²) in [6.45, 7) is 0. The molecule has 15 heavy (non-hydrogen) atoms. The van der Waals surface area contributed by atoms with Crippen molar-refractivity contribution in [2.45, 2.75) is 6.17 Å². The minimum atomic E-state index is -0.313. The van der Waals surface area contributed by atoms with Crippen molar-refractivity contribution >= 4 is 34.9 Å². The zero-order chi connectivity index (χ0) is 10.8. The first-order valence-corrected chi connectivity index (χ1v) is 5.10. The van der Waals surface area contributed by atoms with Crippen molar-refractivity contribution in [3.63, 3.8) is 0 Å². The van der Waals surface area contributed by atoms with Crippen LogP contribution in [0.15, 0.2) is 29.3 Å². The number of thiocarbonyl (C=S) groups is 1. The number of benzene rings is 1. The number of halogens is 1. The molecule has 1 heterocycles. The molecule has 0 aromatic heterocycles. The van der Waals surface area contributed by atoms with Crippen LogP contribution < -0.4 is 16.4 Å². The molecule has 0 saturated carbocycles. The zero-order valence-electron chi connectivity index (χ0n) is 7.70. The predicted molar refractivity (Wildman–Crippen MR) is 64.7 cm³/mol. The van der Waals surface area contributed by atoms with E-state index in [9.17, 15) is 0 Å². The van der Waals surface area contributed by atoms with E-state index in [1.165, 1.54) is 0 Å². The Balaban J connectivity index is 2.36. The largest absolute Gasteiger partial charge is 0.370 e. The summed E-state index contributed by atoms with van der Waals surface area (Å²) in [6, 6.07) is 7.43. The highest BCUT2D eigenvalue weighted by atomic mass is 35.5. The Labute approximate surface area is 97.5 Å². The molecule has 4 nitrogen and oxygen atoms in total. The van der Waals surface area contributed by atoms with Crippen LogP contribution in [0, 0.1) is 0 Å². The third-order valence-electron chi connectivity index (χ3n) is 1.98. The van der Waals surface area contributed by atoms with Gasteiger partial charge < -0.3 is 16.4 Å². The molecule has 0 radical (unpaired) electrons. The normalized spacial score (nSPS) is 20.2. The van der Waals surface area contributed by atoms with E-state index >= 15 is 0 Å². The Morgan fingerprint density at radius 2 is 2.13 bits per heavy atom. The second-order valence-electron chi connectivity index (χ2n) is 3.04. The Hall–Kier alpha value is -1.33. The van der Waals surface area contributed by atoms with Crippen molar-refractivity contribution in [1.82, 2.24) is 10.6 Å². The van der Waals surface area contributed by atoms with Crippen molar-refractivity contribution in [3.8, 4) is 0 Å². The number of nitrogens with one attached hydrogen (secondary N) is 2. The van der Waals surface area contributed by atoms with E-state index in [1.54, 1.807) is 6.07 Å². The van der Waals surface area contributed by atoms with E-state index in [0.29, 0.717) is 16.1 Å². The fourth-order valence-electron chi connectivity index (χ4n) is 1.32. The maximum absolute atomic E-state index is 6.04. The lowest BCUT2D eigenvalue weighted by Crippen LogP contribution is -2.49. The van der Waals surface area contributed by atoms with Crippen molar-refractivity contribution < 1.29 is 0 Å². The van der Waals surface area contributed by atoms with Crippen LogP contribution in [-0.4, -0.2) is 11.1 Å². The van der Waals surface area contributed by atoms with Crippen LogP contribution in [-0.2, 0) is 0 Å². The van der Waals surface area contributed by atoms with Crippen molar-refractivity contribution in [1.29, 1.82) is 0 Å². The Kier molecular flexibility index (Phi) is 2.75. The molecule has 0 aliphatic carbocycles. The number of aliphatic imine (C=N–C) groups is 1. The second kappa shape index (κ2) is 4.04. The highest BCUT2D eigenvalue weighted by Crippen LogP contribution is 2.24. The fourth-order valence-corrected chi connectivity index (χ4v) is 1.78. The van der Waals surface area contributed by atoms with E-state index in [4.69, 9.17) is 29.6 Å². The molecule has 0 bridgehead atoms. The molecular formula is C9H9ClN4S. The van der Waals surface area contributed by atoms with Crippen LogP contribution in [0.4, 0.5) is 0 Å². The minimum absolute atomic E-state index is 0.295. The van der Waals surface area contributed by atoms with Gasteiger partial charge in [-0.25, -0.2) is 4.99 Å². The average Bonchev–Trinajstić information content (AvgIpc) is 2.16. The molecule has 0 fully saturated rings. The van der Waals surface area contributed by atoms with Gasteiger partial charge in [0.05, 0.1) is 0 Å². The van der Waals surface area contributed by atoms with Crippen LogP contribution in [0.2, 0.25) is 5.02 Å². The van der Waals surface area contributed by atoms with Gasteiger partial charge in [-0.3, -0.25) is 0 Å². The number of guanidine groups is 1. The molecule has 1 aliphatic heterocycles. The molecule has 0 unspecified atom stereocenters. The molecule has 4 N–H and O–H groups in total. The molecule has 0 spiro atoms. The average molecular weight is 241 g/mol. The molecular weight excluding hydrogens is 232 g/mol. The van der Waals surface area contributed by atoms with Crippen LogP contribution in [0.5, 0.6) is 0 Å². The number of nitrogens with zero attached hydrogens (tertiary/aromatic N) is 1. The summed E-state index contributed by atoms with van der Waals surface area (Å²) < 4.78 is 0. The van der Waals surface area contributed by atoms with Gasteiger partial charge in [-0.2, -0.15) is 0 Å². The number of rotatable bonds is 1. The van der Waals surface area contributed by atoms with Crippen LogP contribution in [0.1, 0.15) is 11.7 Å². The van der Waals surface area contributed by atoms with E-state index < -0.39 is 0 Å². The van der Waals surface area contributed by atoms with Crippen LogP contribution >= 0.6 is 23.8 Å². The highest BCUT2D eigenvalue weighted by molar-refractivity contribution is 7.80. The van der Waals surface area contributed by atoms with E-state index in [0.717, 1.165) is 5.56 Å². The third kappa shape index (κ3) is 2.19. The predicted octanol–water partition coefficient (Wildman–Crippen LogP) is 1.13. The molecule has 1 aromatic rings. The van der Waals surface area contributed by atoms with Crippen LogP contribution in [0.25, 0.3) is 0 Å². The summed E-state index contributed by atoms with van der Waals surface area (Å²) in [5.74, 6) is 0.295. The van der Waals surface area contributed by atoms with E-state index in [1.807, 2.05) is 18.2 Å². The summed E-state index contributed by atoms with van der Waals surface area (Å²) in [6.07, 6.45) is -0.313. The van der Waals surface area contributed by atoms with Gasteiger partial charge in [0.25, 0.3) is 0 Å². The first-order valence-electron chi connectivity index (χ1n) is 4.32. The lowest BCUT2D eigenvalue weighted by molar-refractivity contribution is 0.660. The maximum atomic E-state index is 6.04. The molecule has 1 atom stereocenters. The molecule has 78 valence electrons. The molecule has 2 rings (SSSR count). The topological polar surface area (TPSA) is 62.4 Å². The van der Waals surface area contributed by atoms with Gasteiger partial charge in [0.15, 0.2) is 17.2 Å². The first-order chi connectivity index (χ1) is 7.16. The second-order valence-corrected chi connectivity index (χ2v) is 3.85. The molecule has 6 heteroatoms. The Morgan fingerprint density at radius 1 is 1.40 bits per heavy atom. The van der Waals surface area contributed by atoms with Crippen molar-refractivity contribution in [3.05, 3.63) is 34.9 Å². The number of hydrogen-bond acceptors (Lipinski definition) is 3. The summed E-state index contributed by atoms with van der Waals surface area (Å²) >= 11 is 11.0. The lowest BCUT2D eigenvalue weighted by atomic mass is 10.2. The summed E-state index contributed by atoms with van der Waals surface area (Å²) in [4.78, 5) is 4.16. The summed E-state index contributed by atoms with van der Waals surface area (Å²) in [5, 5.41) is 6.76. The SMILES string of the molecule is NC1=N[C@@H](c2ccccc2Cl)NC(=S)N1. The van der Waals surface area contributed by atoms with Gasteiger partial charge in [0, 0.05) is 10.6 Å². The Morgan fingerprint density at radius 3 is 2.80 bits per heavy atom. The smallest absolute Gasteiger partial charge is 0.197 e. The van der Waals surface area contributed by atoms with E-state index in [2.05, 4.69) is 15.6 Å². The van der Waals surface area contributed by atoms with E-state index in [-0.39, 0.29) is 6.17 Å². The maximum Gasteiger partial charge on any atom is 0.197 e. The van der Waals surface area contributed by atoms with Crippen molar-refractivity contribution in [2.75, 3.05) is 0 Å². The van der Waals surface area contributed by atoms with Gasteiger partial charge in [0.1, 0.15) is 0 Å².